The van der Waals surface area contributed by atoms with Gasteiger partial charge < -0.3 is 5.11 Å². The molecule has 1 saturated carbocycles. The van der Waals surface area contributed by atoms with Crippen molar-refractivity contribution < 1.29 is 13.5 Å². The van der Waals surface area contributed by atoms with E-state index in [1.165, 1.54) is 4.31 Å². The Labute approximate surface area is 121 Å². The lowest BCUT2D eigenvalue weighted by atomic mass is 10.1. The van der Waals surface area contributed by atoms with Gasteiger partial charge in [-0.1, -0.05) is 18.9 Å². The van der Waals surface area contributed by atoms with E-state index in [0.717, 1.165) is 36.8 Å². The fraction of sp³-hybridized carbons (Fsp3) is 0.600. The molecular formula is C15H23NO3S. The third-order valence-electron chi connectivity index (χ3n) is 4.14. The number of aliphatic hydroxyl groups excluding tert-OH is 1. The summed E-state index contributed by atoms with van der Waals surface area (Å²) in [6, 6.07) is 5.27. The van der Waals surface area contributed by atoms with Gasteiger partial charge in [-0.2, -0.15) is 4.31 Å². The van der Waals surface area contributed by atoms with E-state index in [2.05, 4.69) is 0 Å². The Bertz CT molecular complexity index is 562. The number of aliphatic hydroxyl groups is 1. The quantitative estimate of drug-likeness (QED) is 0.906. The molecule has 2 rings (SSSR count). The largest absolute Gasteiger partial charge is 0.395 e. The zero-order valence-electron chi connectivity index (χ0n) is 12.2. The van der Waals surface area contributed by atoms with Crippen molar-refractivity contribution in [3.8, 4) is 0 Å². The molecule has 112 valence electrons. The molecule has 1 aliphatic carbocycles. The van der Waals surface area contributed by atoms with Crippen molar-refractivity contribution in [1.29, 1.82) is 0 Å². The first-order valence-electron chi connectivity index (χ1n) is 7.17. The van der Waals surface area contributed by atoms with Crippen LogP contribution in [-0.4, -0.2) is 37.0 Å². The normalized spacial score (nSPS) is 17.0. The first kappa shape index (κ1) is 15.5. The molecule has 0 atom stereocenters. The topological polar surface area (TPSA) is 57.6 Å². The molecule has 4 nitrogen and oxygen atoms in total. The summed E-state index contributed by atoms with van der Waals surface area (Å²) in [5.41, 5.74) is 2.06. The lowest BCUT2D eigenvalue weighted by Gasteiger charge is -2.27. The van der Waals surface area contributed by atoms with Crippen molar-refractivity contribution in [3.05, 3.63) is 29.3 Å². The van der Waals surface area contributed by atoms with Crippen LogP contribution in [0.1, 0.15) is 36.8 Å². The predicted octanol–water partition coefficient (Wildman–Crippen LogP) is 2.23. The SMILES string of the molecule is Cc1ccc(S(=O)(=O)N(CCO)C2CCCC2)cc1C. The molecule has 20 heavy (non-hydrogen) atoms. The molecule has 1 aromatic rings. The second-order valence-electron chi connectivity index (χ2n) is 5.52. The summed E-state index contributed by atoms with van der Waals surface area (Å²) in [7, 11) is -3.51. The zero-order valence-corrected chi connectivity index (χ0v) is 13.0. The van der Waals surface area contributed by atoms with Gasteiger partial charge in [0.1, 0.15) is 0 Å². The van der Waals surface area contributed by atoms with Crippen molar-refractivity contribution in [2.24, 2.45) is 0 Å². The van der Waals surface area contributed by atoms with Crippen LogP contribution in [-0.2, 0) is 10.0 Å². The minimum Gasteiger partial charge on any atom is -0.395 e. The van der Waals surface area contributed by atoms with Crippen LogP contribution in [0.3, 0.4) is 0 Å². The fourth-order valence-corrected chi connectivity index (χ4v) is 4.56. The van der Waals surface area contributed by atoms with Gasteiger partial charge in [0.05, 0.1) is 11.5 Å². The Morgan fingerprint density at radius 2 is 1.85 bits per heavy atom. The lowest BCUT2D eigenvalue weighted by Crippen LogP contribution is -2.40. The number of benzene rings is 1. The molecule has 0 spiro atoms. The summed E-state index contributed by atoms with van der Waals surface area (Å²) in [5, 5.41) is 9.20. The molecule has 1 fully saturated rings. The number of hydrogen-bond donors (Lipinski definition) is 1. The minimum absolute atomic E-state index is 0.0359. The van der Waals surface area contributed by atoms with Crippen LogP contribution in [0.25, 0.3) is 0 Å². The molecule has 0 aliphatic heterocycles. The van der Waals surface area contributed by atoms with Crippen LogP contribution in [0.2, 0.25) is 0 Å². The lowest BCUT2D eigenvalue weighted by molar-refractivity contribution is 0.226. The van der Waals surface area contributed by atoms with Crippen LogP contribution in [0.15, 0.2) is 23.1 Å². The predicted molar refractivity (Wildman–Crippen MR) is 79.1 cm³/mol. The summed E-state index contributed by atoms with van der Waals surface area (Å²) in [6.45, 7) is 3.93. The Balaban J connectivity index is 2.36. The molecular weight excluding hydrogens is 274 g/mol. The third kappa shape index (κ3) is 3.05. The highest BCUT2D eigenvalue weighted by Gasteiger charge is 2.32. The van der Waals surface area contributed by atoms with Gasteiger partial charge in [-0.25, -0.2) is 8.42 Å². The Kier molecular flexibility index (Phi) is 4.83. The summed E-state index contributed by atoms with van der Waals surface area (Å²) < 4.78 is 27.1. The van der Waals surface area contributed by atoms with E-state index in [0.29, 0.717) is 4.90 Å². The monoisotopic (exact) mass is 297 g/mol. The molecule has 0 amide bonds. The van der Waals surface area contributed by atoms with Gasteiger partial charge in [0.25, 0.3) is 0 Å². The number of rotatable bonds is 5. The average molecular weight is 297 g/mol. The van der Waals surface area contributed by atoms with E-state index in [1.807, 2.05) is 19.9 Å². The molecule has 5 heteroatoms. The smallest absolute Gasteiger partial charge is 0.243 e. The van der Waals surface area contributed by atoms with Gasteiger partial charge in [-0.05, 0) is 49.9 Å². The van der Waals surface area contributed by atoms with Gasteiger partial charge in [0, 0.05) is 12.6 Å². The molecule has 0 aromatic heterocycles. The molecule has 0 bridgehead atoms. The van der Waals surface area contributed by atoms with Crippen LogP contribution < -0.4 is 0 Å². The number of nitrogens with zero attached hydrogens (tertiary/aromatic N) is 1. The van der Waals surface area contributed by atoms with E-state index in [4.69, 9.17) is 0 Å². The first-order valence-corrected chi connectivity index (χ1v) is 8.61. The molecule has 0 heterocycles. The van der Waals surface area contributed by atoms with E-state index in [-0.39, 0.29) is 19.2 Å². The molecule has 1 N–H and O–H groups in total. The Morgan fingerprint density at radius 1 is 1.20 bits per heavy atom. The highest BCUT2D eigenvalue weighted by Crippen LogP contribution is 2.29. The fourth-order valence-electron chi connectivity index (χ4n) is 2.80. The van der Waals surface area contributed by atoms with Gasteiger partial charge >= 0.3 is 0 Å². The van der Waals surface area contributed by atoms with Gasteiger partial charge in [-0.3, -0.25) is 0 Å². The average Bonchev–Trinajstić information content (AvgIpc) is 2.92. The van der Waals surface area contributed by atoms with E-state index < -0.39 is 10.0 Å². The second-order valence-corrected chi connectivity index (χ2v) is 7.41. The first-order chi connectivity index (χ1) is 9.46. The van der Waals surface area contributed by atoms with Crippen molar-refractivity contribution in [2.45, 2.75) is 50.5 Å². The third-order valence-corrected chi connectivity index (χ3v) is 6.09. The van der Waals surface area contributed by atoms with Crippen molar-refractivity contribution >= 4 is 10.0 Å². The second kappa shape index (κ2) is 6.24. The maximum atomic E-state index is 12.8. The summed E-state index contributed by atoms with van der Waals surface area (Å²) in [6.07, 6.45) is 3.91. The number of aryl methyl sites for hydroxylation is 2. The highest BCUT2D eigenvalue weighted by atomic mass is 32.2. The van der Waals surface area contributed by atoms with Gasteiger partial charge in [0.2, 0.25) is 10.0 Å². The minimum atomic E-state index is -3.51. The summed E-state index contributed by atoms with van der Waals surface area (Å²) in [4.78, 5) is 0.334. The van der Waals surface area contributed by atoms with Crippen LogP contribution >= 0.6 is 0 Å². The molecule has 0 saturated heterocycles. The summed E-state index contributed by atoms with van der Waals surface area (Å²) >= 11 is 0. The van der Waals surface area contributed by atoms with Crippen molar-refractivity contribution in [2.75, 3.05) is 13.2 Å². The number of hydrogen-bond acceptors (Lipinski definition) is 3. The molecule has 1 aromatic carbocycles. The van der Waals surface area contributed by atoms with Gasteiger partial charge in [-0.15, -0.1) is 0 Å². The van der Waals surface area contributed by atoms with E-state index in [9.17, 15) is 13.5 Å². The highest BCUT2D eigenvalue weighted by molar-refractivity contribution is 7.89. The standard InChI is InChI=1S/C15H23NO3S/c1-12-7-8-15(11-13(12)2)20(18,19)16(9-10-17)14-5-3-4-6-14/h7-8,11,14,17H,3-6,9-10H2,1-2H3. The van der Waals surface area contributed by atoms with Crippen molar-refractivity contribution in [3.63, 3.8) is 0 Å². The van der Waals surface area contributed by atoms with Crippen molar-refractivity contribution in [1.82, 2.24) is 4.31 Å². The maximum Gasteiger partial charge on any atom is 0.243 e. The summed E-state index contributed by atoms with van der Waals surface area (Å²) in [5.74, 6) is 0. The molecule has 0 radical (unpaired) electrons. The zero-order chi connectivity index (χ0) is 14.8. The van der Waals surface area contributed by atoms with Crippen LogP contribution in [0.4, 0.5) is 0 Å². The van der Waals surface area contributed by atoms with Crippen LogP contribution in [0.5, 0.6) is 0 Å². The molecule has 1 aliphatic rings. The van der Waals surface area contributed by atoms with E-state index >= 15 is 0 Å². The Morgan fingerprint density at radius 3 is 2.40 bits per heavy atom. The maximum absolute atomic E-state index is 12.8. The van der Waals surface area contributed by atoms with Gasteiger partial charge in [0.15, 0.2) is 0 Å². The molecule has 0 unspecified atom stereocenters. The Hall–Kier alpha value is -0.910. The van der Waals surface area contributed by atoms with E-state index in [1.54, 1.807) is 12.1 Å². The van der Waals surface area contributed by atoms with Crippen LogP contribution in [0, 0.1) is 13.8 Å². The number of sulfonamides is 1.